The second-order valence-corrected chi connectivity index (χ2v) is 6.03. The summed E-state index contributed by atoms with van der Waals surface area (Å²) in [5.74, 6) is 1.77. The van der Waals surface area contributed by atoms with Crippen molar-refractivity contribution in [2.75, 3.05) is 23.8 Å². The summed E-state index contributed by atoms with van der Waals surface area (Å²) in [5, 5.41) is 19.1. The number of rotatable bonds is 7. The Hall–Kier alpha value is -1.40. The molecule has 20 heavy (non-hydrogen) atoms. The molecule has 2 rings (SSSR count). The molecule has 2 heterocycles. The summed E-state index contributed by atoms with van der Waals surface area (Å²) < 4.78 is 0. The van der Waals surface area contributed by atoms with E-state index in [0.717, 1.165) is 29.0 Å². The van der Waals surface area contributed by atoms with Crippen LogP contribution in [0.4, 0.5) is 11.8 Å². The highest BCUT2D eigenvalue weighted by molar-refractivity contribution is 7.16. The maximum Gasteiger partial charge on any atom is 0.226 e. The standard InChI is InChI=1S/C14H22N4OS/c1-4-6-15-14-17-12(16-11(8-19)9(2)3)10-5-7-20-13(10)18-14/h5,7,9,11,19H,4,6,8H2,1-3H3,(H2,15,16,17,18). The highest BCUT2D eigenvalue weighted by atomic mass is 32.1. The highest BCUT2D eigenvalue weighted by Gasteiger charge is 2.16. The first-order valence-electron chi connectivity index (χ1n) is 7.02. The van der Waals surface area contributed by atoms with Crippen molar-refractivity contribution >= 4 is 33.3 Å². The summed E-state index contributed by atoms with van der Waals surface area (Å²) >= 11 is 1.60. The van der Waals surface area contributed by atoms with Gasteiger partial charge in [-0.05, 0) is 23.8 Å². The van der Waals surface area contributed by atoms with Crippen molar-refractivity contribution in [1.82, 2.24) is 9.97 Å². The van der Waals surface area contributed by atoms with Crippen molar-refractivity contribution in [2.24, 2.45) is 5.92 Å². The molecule has 0 saturated heterocycles. The second-order valence-electron chi connectivity index (χ2n) is 5.14. The summed E-state index contributed by atoms with van der Waals surface area (Å²) in [4.78, 5) is 10.0. The van der Waals surface area contributed by atoms with Crippen molar-refractivity contribution in [3.8, 4) is 0 Å². The Labute approximate surface area is 123 Å². The van der Waals surface area contributed by atoms with Gasteiger partial charge in [-0.25, -0.2) is 4.98 Å². The lowest BCUT2D eigenvalue weighted by molar-refractivity contribution is 0.249. The zero-order valence-corrected chi connectivity index (χ0v) is 13.0. The molecule has 6 heteroatoms. The Morgan fingerprint density at radius 3 is 2.80 bits per heavy atom. The molecule has 0 radical (unpaired) electrons. The lowest BCUT2D eigenvalue weighted by Gasteiger charge is -2.21. The summed E-state index contributed by atoms with van der Waals surface area (Å²) in [6, 6.07) is 2.01. The Kier molecular flexibility index (Phi) is 5.14. The van der Waals surface area contributed by atoms with Gasteiger partial charge in [0.1, 0.15) is 10.6 Å². The van der Waals surface area contributed by atoms with Gasteiger partial charge in [-0.3, -0.25) is 0 Å². The van der Waals surface area contributed by atoms with Crippen LogP contribution >= 0.6 is 11.3 Å². The second kappa shape index (κ2) is 6.85. The Bertz CT molecular complexity index is 555. The molecule has 1 unspecified atom stereocenters. The zero-order chi connectivity index (χ0) is 14.5. The predicted octanol–water partition coefficient (Wildman–Crippen LogP) is 2.94. The quantitative estimate of drug-likeness (QED) is 0.732. The minimum atomic E-state index is -0.00738. The van der Waals surface area contributed by atoms with Crippen molar-refractivity contribution in [3.05, 3.63) is 11.4 Å². The van der Waals surface area contributed by atoms with E-state index in [0.29, 0.717) is 11.9 Å². The number of hydrogen-bond donors (Lipinski definition) is 3. The van der Waals surface area contributed by atoms with E-state index in [1.54, 1.807) is 11.3 Å². The monoisotopic (exact) mass is 294 g/mol. The summed E-state index contributed by atoms with van der Waals surface area (Å²) in [5.41, 5.74) is 0. The molecule has 5 nitrogen and oxygen atoms in total. The average molecular weight is 294 g/mol. The number of nitrogens with one attached hydrogen (secondary N) is 2. The van der Waals surface area contributed by atoms with Crippen LogP contribution in [0.5, 0.6) is 0 Å². The Morgan fingerprint density at radius 1 is 1.35 bits per heavy atom. The van der Waals surface area contributed by atoms with Crippen LogP contribution in [0.15, 0.2) is 11.4 Å². The van der Waals surface area contributed by atoms with Crippen LogP contribution in [-0.4, -0.2) is 34.3 Å². The molecule has 110 valence electrons. The number of hydrogen-bond acceptors (Lipinski definition) is 6. The predicted molar refractivity (Wildman–Crippen MR) is 85.5 cm³/mol. The zero-order valence-electron chi connectivity index (χ0n) is 12.2. The molecule has 0 aliphatic heterocycles. The fourth-order valence-corrected chi connectivity index (χ4v) is 2.64. The van der Waals surface area contributed by atoms with Crippen LogP contribution in [0.25, 0.3) is 10.2 Å². The number of thiophene rings is 1. The lowest BCUT2D eigenvalue weighted by atomic mass is 10.1. The smallest absolute Gasteiger partial charge is 0.226 e. The first-order chi connectivity index (χ1) is 9.65. The van der Waals surface area contributed by atoms with Crippen LogP contribution in [-0.2, 0) is 0 Å². The van der Waals surface area contributed by atoms with Crippen molar-refractivity contribution < 1.29 is 5.11 Å². The van der Waals surface area contributed by atoms with Gasteiger partial charge in [-0.1, -0.05) is 20.8 Å². The Balaban J connectivity index is 2.31. The fraction of sp³-hybridized carbons (Fsp3) is 0.571. The average Bonchev–Trinajstić information content (AvgIpc) is 2.90. The van der Waals surface area contributed by atoms with Gasteiger partial charge in [0.15, 0.2) is 0 Å². The SMILES string of the molecule is CCCNc1nc(NC(CO)C(C)C)c2ccsc2n1. The van der Waals surface area contributed by atoms with Crippen molar-refractivity contribution in [3.63, 3.8) is 0 Å². The third-order valence-corrected chi connectivity index (χ3v) is 3.99. The highest BCUT2D eigenvalue weighted by Crippen LogP contribution is 2.27. The van der Waals surface area contributed by atoms with E-state index in [-0.39, 0.29) is 12.6 Å². The third-order valence-electron chi connectivity index (χ3n) is 3.18. The van der Waals surface area contributed by atoms with Crippen LogP contribution in [0.2, 0.25) is 0 Å². The molecular formula is C14H22N4OS. The molecule has 3 N–H and O–H groups in total. The summed E-state index contributed by atoms with van der Waals surface area (Å²) in [6.45, 7) is 7.21. The first kappa shape index (κ1) is 15.0. The molecule has 0 aromatic carbocycles. The fourth-order valence-electron chi connectivity index (χ4n) is 1.88. The third kappa shape index (κ3) is 3.37. The van der Waals surface area contributed by atoms with Crippen LogP contribution in [0.3, 0.4) is 0 Å². The van der Waals surface area contributed by atoms with Gasteiger partial charge >= 0.3 is 0 Å². The summed E-state index contributed by atoms with van der Waals surface area (Å²) in [6.07, 6.45) is 1.03. The van der Waals surface area contributed by atoms with Gasteiger partial charge in [-0.15, -0.1) is 11.3 Å². The van der Waals surface area contributed by atoms with E-state index in [9.17, 15) is 5.11 Å². The van der Waals surface area contributed by atoms with E-state index in [1.165, 1.54) is 0 Å². The number of aliphatic hydroxyl groups is 1. The number of aliphatic hydroxyl groups excluding tert-OH is 1. The van der Waals surface area contributed by atoms with Crippen molar-refractivity contribution in [1.29, 1.82) is 0 Å². The maximum absolute atomic E-state index is 9.47. The van der Waals surface area contributed by atoms with E-state index in [4.69, 9.17) is 0 Å². The van der Waals surface area contributed by atoms with E-state index in [1.807, 2.05) is 11.4 Å². The number of anilines is 2. The first-order valence-corrected chi connectivity index (χ1v) is 7.90. The number of nitrogens with zero attached hydrogens (tertiary/aromatic N) is 2. The Morgan fingerprint density at radius 2 is 2.15 bits per heavy atom. The molecular weight excluding hydrogens is 272 g/mol. The van der Waals surface area contributed by atoms with Crippen molar-refractivity contribution in [2.45, 2.75) is 33.2 Å². The number of fused-ring (bicyclic) bond motifs is 1. The van der Waals surface area contributed by atoms with Gasteiger partial charge in [0.25, 0.3) is 0 Å². The molecule has 0 fully saturated rings. The largest absolute Gasteiger partial charge is 0.394 e. The molecule has 2 aromatic rings. The lowest BCUT2D eigenvalue weighted by Crippen LogP contribution is -2.30. The molecule has 0 aliphatic rings. The molecule has 0 bridgehead atoms. The van der Waals surface area contributed by atoms with E-state index >= 15 is 0 Å². The van der Waals surface area contributed by atoms with Gasteiger partial charge in [0.05, 0.1) is 18.0 Å². The maximum atomic E-state index is 9.47. The van der Waals surface area contributed by atoms with Gasteiger partial charge in [0.2, 0.25) is 5.95 Å². The van der Waals surface area contributed by atoms with Gasteiger partial charge in [-0.2, -0.15) is 4.98 Å². The minimum absolute atomic E-state index is 0.00738. The molecule has 1 atom stereocenters. The topological polar surface area (TPSA) is 70.1 Å². The van der Waals surface area contributed by atoms with Crippen LogP contribution < -0.4 is 10.6 Å². The molecule has 0 aliphatic carbocycles. The molecule has 2 aromatic heterocycles. The molecule has 0 amide bonds. The minimum Gasteiger partial charge on any atom is -0.394 e. The van der Waals surface area contributed by atoms with Gasteiger partial charge < -0.3 is 15.7 Å². The summed E-state index contributed by atoms with van der Waals surface area (Å²) in [7, 11) is 0. The normalized spacial score (nSPS) is 12.8. The van der Waals surface area contributed by atoms with E-state index in [2.05, 4.69) is 41.4 Å². The molecule has 0 saturated carbocycles. The van der Waals surface area contributed by atoms with Crippen LogP contribution in [0.1, 0.15) is 27.2 Å². The van der Waals surface area contributed by atoms with Crippen LogP contribution in [0, 0.1) is 5.92 Å². The molecule has 0 spiro atoms. The van der Waals surface area contributed by atoms with E-state index < -0.39 is 0 Å². The number of aromatic nitrogens is 2. The van der Waals surface area contributed by atoms with Gasteiger partial charge in [0, 0.05) is 6.54 Å².